The van der Waals surface area contributed by atoms with E-state index in [1.165, 1.54) is 45.6 Å². The summed E-state index contributed by atoms with van der Waals surface area (Å²) in [6.07, 6.45) is 20.3. The maximum Gasteiger partial charge on any atom is 0.410 e. The molecule has 1 aliphatic heterocycles. The second-order valence-corrected chi connectivity index (χ2v) is 19.9. The molecule has 3 N–H and O–H groups in total. The van der Waals surface area contributed by atoms with Gasteiger partial charge in [-0.2, -0.15) is 0 Å². The van der Waals surface area contributed by atoms with Gasteiger partial charge < -0.3 is 48.6 Å². The molecule has 1 fully saturated rings. The summed E-state index contributed by atoms with van der Waals surface area (Å²) in [5.74, 6) is -0.360. The van der Waals surface area contributed by atoms with Crippen molar-refractivity contribution >= 4 is 18.1 Å². The summed E-state index contributed by atoms with van der Waals surface area (Å²) in [5, 5.41) is 34.6. The molecule has 1 heterocycles. The van der Waals surface area contributed by atoms with Crippen molar-refractivity contribution in [3.05, 3.63) is 71.8 Å². The van der Waals surface area contributed by atoms with Crippen LogP contribution in [0.4, 0.5) is 4.79 Å². The molecule has 390 valence electrons. The van der Waals surface area contributed by atoms with Crippen LogP contribution in [-0.4, -0.2) is 116 Å². The van der Waals surface area contributed by atoms with Crippen LogP contribution in [0.1, 0.15) is 159 Å². The first-order valence-electron chi connectivity index (χ1n) is 26.2. The standard InChI is InChI=1S/C56H84N2O12/c1-7-9-10-11-12-13-14-15-16-21-33-66-54(63)58(28-34-65-35-31-61)51-39-48(57-70-55(3,4)5)46-37-41(22-17-19-29-59)45(23-18-20-30-60)52-47-38-44(68-43-24-26-49(64-6)42(36-43)40-62)25-27-50(47)69-56(51,53(46)52)67-32-8-2/h8,24-27,36-38,40-41,45,51-53,59-61H,2,7,9-23,28-35,39H2,1,3-6H3/t41-,45+,51-,52+,53+,56+/m0/s1. The first-order valence-corrected chi connectivity index (χ1v) is 26.2. The molecule has 2 aromatic rings. The Bertz CT molecular complexity index is 1980. The van der Waals surface area contributed by atoms with Gasteiger partial charge in [-0.05, 0) is 107 Å². The summed E-state index contributed by atoms with van der Waals surface area (Å²) in [5.41, 5.74) is 2.16. The molecule has 14 heteroatoms. The van der Waals surface area contributed by atoms with Gasteiger partial charge in [0.2, 0.25) is 5.79 Å². The van der Waals surface area contributed by atoms with Crippen molar-refractivity contribution in [1.29, 1.82) is 0 Å². The van der Waals surface area contributed by atoms with Crippen LogP contribution in [0.25, 0.3) is 0 Å². The third-order valence-electron chi connectivity index (χ3n) is 13.7. The number of aliphatic hydroxyl groups excluding tert-OH is 3. The molecule has 70 heavy (non-hydrogen) atoms. The Morgan fingerprint density at radius 3 is 2.21 bits per heavy atom. The molecule has 14 nitrogen and oxygen atoms in total. The first-order chi connectivity index (χ1) is 34.0. The van der Waals surface area contributed by atoms with Gasteiger partial charge in [0.05, 0.1) is 57.3 Å². The number of unbranched alkanes of at least 4 members (excludes halogenated alkanes) is 11. The molecule has 2 aromatic carbocycles. The van der Waals surface area contributed by atoms with E-state index in [1.807, 2.05) is 39.0 Å². The number of hydrogen-bond donors (Lipinski definition) is 3. The Kier molecular flexibility index (Phi) is 23.5. The van der Waals surface area contributed by atoms with Crippen LogP contribution in [0.15, 0.2) is 65.9 Å². The van der Waals surface area contributed by atoms with Crippen LogP contribution in [0.3, 0.4) is 0 Å². The number of nitrogens with zero attached hydrogens (tertiary/aromatic N) is 2. The highest BCUT2D eigenvalue weighted by Gasteiger charge is 2.65. The van der Waals surface area contributed by atoms with E-state index in [9.17, 15) is 24.9 Å². The highest BCUT2D eigenvalue weighted by Crippen LogP contribution is 2.62. The normalized spacial score (nSPS) is 22.0. The maximum atomic E-state index is 14.8. The quantitative estimate of drug-likeness (QED) is 0.0268. The second kappa shape index (κ2) is 29.1. The van der Waals surface area contributed by atoms with Crippen LogP contribution >= 0.6 is 0 Å². The zero-order valence-electron chi connectivity index (χ0n) is 42.9. The van der Waals surface area contributed by atoms with E-state index >= 15 is 0 Å². The molecule has 0 bridgehead atoms. The van der Waals surface area contributed by atoms with Gasteiger partial charge in [0, 0.05) is 37.7 Å². The number of rotatable bonds is 33. The average Bonchev–Trinajstić information content (AvgIpc) is 3.35. The number of hydrogen-bond acceptors (Lipinski definition) is 13. The van der Waals surface area contributed by atoms with Crippen LogP contribution in [0.5, 0.6) is 23.0 Å². The molecule has 1 amide bonds. The minimum atomic E-state index is -1.51. The van der Waals surface area contributed by atoms with E-state index in [4.69, 9.17) is 38.4 Å². The molecule has 0 spiro atoms. The van der Waals surface area contributed by atoms with E-state index in [2.05, 4.69) is 19.6 Å². The number of carbonyl (C=O) groups is 2. The third kappa shape index (κ3) is 15.5. The number of amides is 1. The number of fused-ring (bicyclic) bond motifs is 2. The Morgan fingerprint density at radius 2 is 1.56 bits per heavy atom. The van der Waals surface area contributed by atoms with Gasteiger partial charge in [0.1, 0.15) is 34.6 Å². The van der Waals surface area contributed by atoms with Gasteiger partial charge in [-0.25, -0.2) is 4.79 Å². The largest absolute Gasteiger partial charge is 0.496 e. The number of aliphatic hydroxyl groups is 3. The number of allylic oxidation sites excluding steroid dienone is 1. The lowest BCUT2D eigenvalue weighted by Gasteiger charge is -2.60. The van der Waals surface area contributed by atoms with Crippen molar-refractivity contribution in [3.63, 3.8) is 0 Å². The SMILES string of the molecule is C=CCO[C@@]12Oc3ccc(Oc4ccc(OC)c(C=O)c4)cc3[C@H]3[C@H](CCCCO)[C@@H](CCCCO)C=C(C(=NOC(C)(C)C)C[C@@H]1N(CCOCCO)C(=O)OCCCCCCCCCCCC)[C@H]32. The van der Waals surface area contributed by atoms with Crippen LogP contribution < -0.4 is 14.2 Å². The topological polar surface area (TPSA) is 175 Å². The number of oxime groups is 1. The lowest BCUT2D eigenvalue weighted by molar-refractivity contribution is -0.256. The number of aldehydes is 1. The van der Waals surface area contributed by atoms with E-state index in [-0.39, 0.29) is 77.0 Å². The fraction of sp³-hybridized carbons (Fsp3) is 0.661. The molecule has 0 aromatic heterocycles. The first kappa shape index (κ1) is 56.4. The minimum Gasteiger partial charge on any atom is -0.496 e. The highest BCUT2D eigenvalue weighted by atomic mass is 16.7. The third-order valence-corrected chi connectivity index (χ3v) is 13.7. The van der Waals surface area contributed by atoms with E-state index < -0.39 is 29.4 Å². The Labute approximate surface area is 417 Å². The van der Waals surface area contributed by atoms with Crippen LogP contribution in [-0.2, 0) is 19.0 Å². The number of carbonyl (C=O) groups excluding carboxylic acids is 2. The summed E-state index contributed by atoms with van der Waals surface area (Å²) in [6, 6.07) is 10.00. The lowest BCUT2D eigenvalue weighted by Crippen LogP contribution is -2.70. The summed E-state index contributed by atoms with van der Waals surface area (Å²) < 4.78 is 38.4. The van der Waals surface area contributed by atoms with Gasteiger partial charge >= 0.3 is 6.09 Å². The second-order valence-electron chi connectivity index (χ2n) is 19.9. The number of methoxy groups -OCH3 is 1. The molecule has 2 aliphatic carbocycles. The highest BCUT2D eigenvalue weighted by molar-refractivity contribution is 6.03. The summed E-state index contributed by atoms with van der Waals surface area (Å²) in [4.78, 5) is 34.8. The smallest absolute Gasteiger partial charge is 0.410 e. The zero-order valence-corrected chi connectivity index (χ0v) is 42.9. The fourth-order valence-corrected chi connectivity index (χ4v) is 10.4. The van der Waals surface area contributed by atoms with Crippen molar-refractivity contribution in [1.82, 2.24) is 4.90 Å². The Morgan fingerprint density at radius 1 is 0.871 bits per heavy atom. The molecule has 1 saturated carbocycles. The van der Waals surface area contributed by atoms with Crippen molar-refractivity contribution in [3.8, 4) is 23.0 Å². The fourth-order valence-electron chi connectivity index (χ4n) is 10.4. The minimum absolute atomic E-state index is 0.0144. The summed E-state index contributed by atoms with van der Waals surface area (Å²) >= 11 is 0. The van der Waals surface area contributed by atoms with Gasteiger partial charge in [-0.3, -0.25) is 9.69 Å². The maximum absolute atomic E-state index is 14.8. The predicted molar refractivity (Wildman–Crippen MR) is 272 cm³/mol. The molecule has 0 saturated heterocycles. The molecular formula is C56H84N2O12. The summed E-state index contributed by atoms with van der Waals surface area (Å²) in [6.45, 7) is 12.8. The van der Waals surface area contributed by atoms with Gasteiger partial charge in [-0.1, -0.05) is 94.9 Å². The van der Waals surface area contributed by atoms with Crippen molar-refractivity contribution < 1.29 is 58.2 Å². The molecule has 0 radical (unpaired) electrons. The molecule has 3 aliphatic rings. The molecule has 6 atom stereocenters. The molecular weight excluding hydrogens is 893 g/mol. The summed E-state index contributed by atoms with van der Waals surface area (Å²) in [7, 11) is 1.51. The monoisotopic (exact) mass is 977 g/mol. The van der Waals surface area contributed by atoms with E-state index in [1.54, 1.807) is 29.2 Å². The number of benzene rings is 2. The van der Waals surface area contributed by atoms with Crippen molar-refractivity contribution in [2.24, 2.45) is 22.9 Å². The van der Waals surface area contributed by atoms with Crippen LogP contribution in [0, 0.1) is 17.8 Å². The van der Waals surface area contributed by atoms with E-state index in [0.29, 0.717) is 47.1 Å². The molecule has 0 unspecified atom stereocenters. The van der Waals surface area contributed by atoms with Crippen molar-refractivity contribution in [2.45, 2.75) is 160 Å². The Hall–Kier alpha value is -4.47. The Balaban J connectivity index is 1.64. The predicted octanol–water partition coefficient (Wildman–Crippen LogP) is 11.1. The van der Waals surface area contributed by atoms with Gasteiger partial charge in [0.15, 0.2) is 6.29 Å². The number of ether oxygens (including phenoxy) is 6. The zero-order chi connectivity index (χ0) is 50.4. The van der Waals surface area contributed by atoms with Crippen molar-refractivity contribution in [2.75, 3.05) is 59.9 Å². The van der Waals surface area contributed by atoms with Gasteiger partial charge in [0.25, 0.3) is 0 Å². The molecule has 5 rings (SSSR count). The van der Waals surface area contributed by atoms with E-state index in [0.717, 1.165) is 68.8 Å². The van der Waals surface area contributed by atoms with Gasteiger partial charge in [-0.15, -0.1) is 6.58 Å². The average molecular weight is 977 g/mol. The van der Waals surface area contributed by atoms with Crippen LogP contribution in [0.2, 0.25) is 0 Å². The lowest BCUT2D eigenvalue weighted by atomic mass is 9.55.